The van der Waals surface area contributed by atoms with Crippen LogP contribution in [0.25, 0.3) is 0 Å². The SMILES string of the molecule is CCCCCCC[C@H](C)CCC[C@H](C)/C=C/C[C@H](C)CCC[C@H](C)/C=C/C[C@H](C)CCCOP(=O)(O)O[C@@H]1O[C@H](COC(C)=O)[C@@H](OC(C)=O)[C@H](OC(C)=O)[C@@H]1OC(C)=O. The molecule has 1 saturated heterocycles. The van der Waals surface area contributed by atoms with Crippen molar-refractivity contribution in [1.29, 1.82) is 0 Å². The first kappa shape index (κ1) is 55.4. The van der Waals surface area contributed by atoms with Crippen LogP contribution in [0.5, 0.6) is 0 Å². The van der Waals surface area contributed by atoms with Crippen LogP contribution in [-0.2, 0) is 56.5 Å². The van der Waals surface area contributed by atoms with Crippen molar-refractivity contribution in [2.24, 2.45) is 29.6 Å². The Labute approximate surface area is 362 Å². The van der Waals surface area contributed by atoms with E-state index in [0.717, 1.165) is 59.3 Å². The number of rotatable bonds is 32. The Morgan fingerprint density at radius 1 is 0.617 bits per heavy atom. The molecule has 1 rings (SSSR count). The molecule has 0 aromatic heterocycles. The van der Waals surface area contributed by atoms with Gasteiger partial charge in [-0.05, 0) is 68.1 Å². The van der Waals surface area contributed by atoms with Crippen LogP contribution in [0.1, 0.15) is 172 Å². The average Bonchev–Trinajstić information content (AvgIpc) is 3.14. The number of esters is 4. The van der Waals surface area contributed by atoms with Crippen LogP contribution in [-0.4, -0.2) is 72.7 Å². The highest BCUT2D eigenvalue weighted by Crippen LogP contribution is 2.47. The maximum Gasteiger partial charge on any atom is 0.474 e. The minimum Gasteiger partial charge on any atom is -0.463 e. The highest BCUT2D eigenvalue weighted by atomic mass is 31.2. The van der Waals surface area contributed by atoms with Crippen molar-refractivity contribution in [3.05, 3.63) is 24.3 Å². The first-order valence-corrected chi connectivity index (χ1v) is 24.1. The summed E-state index contributed by atoms with van der Waals surface area (Å²) in [5, 5.41) is 0. The first-order chi connectivity index (χ1) is 28.3. The first-order valence-electron chi connectivity index (χ1n) is 22.6. The second kappa shape index (κ2) is 31.3. The summed E-state index contributed by atoms with van der Waals surface area (Å²) < 4.78 is 50.3. The van der Waals surface area contributed by atoms with Gasteiger partial charge in [0.25, 0.3) is 0 Å². The zero-order chi connectivity index (χ0) is 45.1. The largest absolute Gasteiger partial charge is 0.474 e. The molecule has 60 heavy (non-hydrogen) atoms. The fourth-order valence-electron chi connectivity index (χ4n) is 7.38. The third kappa shape index (κ3) is 26.7. The molecule has 1 fully saturated rings. The minimum atomic E-state index is -4.84. The Balaban J connectivity index is 2.49. The van der Waals surface area contributed by atoms with Crippen molar-refractivity contribution in [1.82, 2.24) is 0 Å². The molecule has 0 aromatic carbocycles. The topological polar surface area (TPSA) is 170 Å². The second-order valence-corrected chi connectivity index (χ2v) is 18.7. The number of phosphoric acid groups is 1. The molecule has 1 aliphatic heterocycles. The van der Waals surface area contributed by atoms with Crippen molar-refractivity contribution in [2.75, 3.05) is 13.2 Å². The number of hydrogen-bond donors (Lipinski definition) is 1. The predicted molar refractivity (Wildman–Crippen MR) is 232 cm³/mol. The van der Waals surface area contributed by atoms with Gasteiger partial charge >= 0.3 is 31.7 Å². The average molecular weight is 873 g/mol. The summed E-state index contributed by atoms with van der Waals surface area (Å²) in [6.45, 7) is 17.5. The van der Waals surface area contributed by atoms with Crippen LogP contribution >= 0.6 is 7.82 Å². The van der Waals surface area contributed by atoms with Gasteiger partial charge in [-0.2, -0.15) is 0 Å². The lowest BCUT2D eigenvalue weighted by molar-refractivity contribution is -0.291. The molecule has 0 amide bonds. The van der Waals surface area contributed by atoms with Crippen LogP contribution in [0.15, 0.2) is 24.3 Å². The summed E-state index contributed by atoms with van der Waals surface area (Å²) >= 11 is 0. The van der Waals surface area contributed by atoms with E-state index in [1.165, 1.54) is 70.6 Å². The molecule has 1 aliphatic rings. The zero-order valence-corrected chi connectivity index (χ0v) is 39.5. The molecule has 11 atom stereocenters. The Hall–Kier alpha value is -2.57. The number of carbonyl (C=O) groups is 4. The molecule has 1 heterocycles. The fraction of sp³-hybridized carbons (Fsp3) is 0.826. The van der Waals surface area contributed by atoms with Crippen LogP contribution in [0.2, 0.25) is 0 Å². The second-order valence-electron chi connectivity index (χ2n) is 17.3. The molecule has 0 radical (unpaired) electrons. The van der Waals surface area contributed by atoms with Gasteiger partial charge in [0.05, 0.1) is 6.61 Å². The quantitative estimate of drug-likeness (QED) is 0.0223. The molecule has 348 valence electrons. The van der Waals surface area contributed by atoms with Gasteiger partial charge in [0.2, 0.25) is 6.29 Å². The summed E-state index contributed by atoms with van der Waals surface area (Å²) in [6, 6.07) is 0. The molecular formula is C46H81O13P. The zero-order valence-electron chi connectivity index (χ0n) is 38.6. The lowest BCUT2D eigenvalue weighted by Gasteiger charge is -2.44. The number of ether oxygens (including phenoxy) is 5. The summed E-state index contributed by atoms with van der Waals surface area (Å²) in [5.41, 5.74) is 0. The van der Waals surface area contributed by atoms with E-state index in [9.17, 15) is 28.6 Å². The summed E-state index contributed by atoms with van der Waals surface area (Å²) in [6.07, 6.45) is 20.5. The van der Waals surface area contributed by atoms with Crippen molar-refractivity contribution < 1.29 is 61.4 Å². The van der Waals surface area contributed by atoms with Gasteiger partial charge in [-0.1, -0.05) is 130 Å². The normalized spacial score (nSPS) is 23.0. The Morgan fingerprint density at radius 3 is 1.63 bits per heavy atom. The van der Waals surface area contributed by atoms with E-state index in [0.29, 0.717) is 30.1 Å². The molecule has 1 N–H and O–H groups in total. The Morgan fingerprint density at radius 2 is 1.10 bits per heavy atom. The molecular weight excluding hydrogens is 791 g/mol. The number of phosphoric ester groups is 1. The monoisotopic (exact) mass is 873 g/mol. The van der Waals surface area contributed by atoms with Crippen LogP contribution in [0, 0.1) is 29.6 Å². The van der Waals surface area contributed by atoms with Crippen molar-refractivity contribution in [3.8, 4) is 0 Å². The van der Waals surface area contributed by atoms with E-state index >= 15 is 0 Å². The number of carbonyl (C=O) groups excluding carboxylic acids is 4. The maximum atomic E-state index is 13.1. The van der Waals surface area contributed by atoms with Gasteiger partial charge in [0, 0.05) is 27.7 Å². The minimum absolute atomic E-state index is 0.117. The summed E-state index contributed by atoms with van der Waals surface area (Å²) in [7, 11) is -4.84. The summed E-state index contributed by atoms with van der Waals surface area (Å²) in [4.78, 5) is 58.2. The van der Waals surface area contributed by atoms with Crippen LogP contribution in [0.4, 0.5) is 0 Å². The smallest absolute Gasteiger partial charge is 0.463 e. The van der Waals surface area contributed by atoms with Crippen LogP contribution < -0.4 is 0 Å². The van der Waals surface area contributed by atoms with Crippen molar-refractivity contribution in [3.63, 3.8) is 0 Å². The Kier molecular flexibility index (Phi) is 28.9. The lowest BCUT2D eigenvalue weighted by atomic mass is 9.93. The maximum absolute atomic E-state index is 13.1. The van der Waals surface area contributed by atoms with Crippen molar-refractivity contribution in [2.45, 2.75) is 203 Å². The fourth-order valence-corrected chi connectivity index (χ4v) is 8.23. The third-order valence-corrected chi connectivity index (χ3v) is 11.8. The van der Waals surface area contributed by atoms with Gasteiger partial charge in [0.1, 0.15) is 12.7 Å². The van der Waals surface area contributed by atoms with E-state index in [2.05, 4.69) is 65.8 Å². The number of allylic oxidation sites excluding steroid dienone is 4. The summed E-state index contributed by atoms with van der Waals surface area (Å²) in [5.74, 6) is -0.260. The molecule has 0 aliphatic carbocycles. The van der Waals surface area contributed by atoms with E-state index in [1.807, 2.05) is 0 Å². The van der Waals surface area contributed by atoms with E-state index in [4.69, 9.17) is 32.7 Å². The van der Waals surface area contributed by atoms with Gasteiger partial charge in [-0.3, -0.25) is 28.2 Å². The van der Waals surface area contributed by atoms with E-state index in [-0.39, 0.29) is 6.61 Å². The molecule has 0 spiro atoms. The van der Waals surface area contributed by atoms with Crippen molar-refractivity contribution >= 4 is 31.7 Å². The molecule has 0 bridgehead atoms. The highest BCUT2D eigenvalue weighted by Gasteiger charge is 2.54. The molecule has 0 aromatic rings. The van der Waals surface area contributed by atoms with E-state index in [1.54, 1.807) is 0 Å². The molecule has 0 saturated carbocycles. The lowest BCUT2D eigenvalue weighted by Crippen LogP contribution is -2.62. The highest BCUT2D eigenvalue weighted by molar-refractivity contribution is 7.47. The standard InChI is InChI=1S/C46H81O13P/c1-11-12-13-14-15-21-33(2)22-16-23-34(3)24-17-25-35(4)26-18-27-36(5)28-19-29-37(6)30-20-31-54-60(51,52)59-46-45(57-41(10)50)44(56-40(9)49)43(55-39(8)48)42(58-46)32-53-38(7)47/h17,19,24,28,33-37,42-46H,11-16,18,20-23,25-27,29-32H2,1-10H3,(H,51,52)/b24-17+,28-19+/t33-,34-,35-,36-,37-,42+,43+,44-,45-,46-/m0/s1. The van der Waals surface area contributed by atoms with E-state index < -0.39 is 69.0 Å². The van der Waals surface area contributed by atoms with Gasteiger partial charge < -0.3 is 28.6 Å². The number of unbranched alkanes of at least 4 members (excludes halogenated alkanes) is 4. The number of hydrogen-bond acceptors (Lipinski definition) is 12. The van der Waals surface area contributed by atoms with Crippen LogP contribution in [0.3, 0.4) is 0 Å². The third-order valence-electron chi connectivity index (χ3n) is 10.8. The predicted octanol–water partition coefficient (Wildman–Crippen LogP) is 10.8. The molecule has 13 nitrogen and oxygen atoms in total. The van der Waals surface area contributed by atoms with Gasteiger partial charge in [0.15, 0.2) is 18.3 Å². The van der Waals surface area contributed by atoms with Gasteiger partial charge in [-0.25, -0.2) is 4.57 Å². The molecule has 14 heteroatoms. The van der Waals surface area contributed by atoms with Gasteiger partial charge in [-0.15, -0.1) is 0 Å². The Bertz CT molecular complexity index is 1330. The molecule has 1 unspecified atom stereocenters.